The van der Waals surface area contributed by atoms with Crippen molar-refractivity contribution in [3.05, 3.63) is 33.8 Å². The van der Waals surface area contributed by atoms with Crippen molar-refractivity contribution in [2.45, 2.75) is 19.8 Å². The molecule has 0 radical (unpaired) electrons. The molecule has 17 heavy (non-hydrogen) atoms. The molecule has 1 aromatic carbocycles. The maximum absolute atomic E-state index is 11.9. The Kier molecular flexibility index (Phi) is 4.89. The summed E-state index contributed by atoms with van der Waals surface area (Å²) in [4.78, 5) is 11.9. The van der Waals surface area contributed by atoms with Gasteiger partial charge in [-0.25, -0.2) is 8.42 Å². The van der Waals surface area contributed by atoms with Gasteiger partial charge in [0.25, 0.3) is 0 Å². The highest BCUT2D eigenvalue weighted by atomic mass is 79.9. The first-order valence-corrected chi connectivity index (χ1v) is 8.12. The minimum atomic E-state index is -2.98. The van der Waals surface area contributed by atoms with Crippen LogP contribution in [0.2, 0.25) is 0 Å². The lowest BCUT2D eigenvalue weighted by molar-refractivity contribution is 0.0981. The number of aryl methyl sites for hydroxylation is 1. The minimum Gasteiger partial charge on any atom is -0.294 e. The van der Waals surface area contributed by atoms with Gasteiger partial charge < -0.3 is 0 Å². The molecule has 0 aliphatic rings. The molecule has 0 atom stereocenters. The highest BCUT2D eigenvalue weighted by Gasteiger charge is 2.11. The molecule has 0 saturated heterocycles. The van der Waals surface area contributed by atoms with E-state index < -0.39 is 9.84 Å². The summed E-state index contributed by atoms with van der Waals surface area (Å²) in [5, 5.41) is 0. The third kappa shape index (κ3) is 5.00. The van der Waals surface area contributed by atoms with Crippen LogP contribution in [0.25, 0.3) is 0 Å². The van der Waals surface area contributed by atoms with E-state index in [0.717, 1.165) is 10.0 Å². The van der Waals surface area contributed by atoms with Crippen LogP contribution >= 0.6 is 15.9 Å². The number of sulfone groups is 1. The maximum Gasteiger partial charge on any atom is 0.163 e. The van der Waals surface area contributed by atoms with Gasteiger partial charge in [0.05, 0.1) is 5.75 Å². The molecule has 3 nitrogen and oxygen atoms in total. The predicted octanol–water partition coefficient (Wildman–Crippen LogP) is 2.77. The van der Waals surface area contributed by atoms with Crippen molar-refractivity contribution < 1.29 is 13.2 Å². The summed E-state index contributed by atoms with van der Waals surface area (Å²) in [5.41, 5.74) is 1.57. The molecule has 0 aliphatic carbocycles. The molecule has 0 aliphatic heterocycles. The molecule has 0 fully saturated rings. The lowest BCUT2D eigenvalue weighted by Gasteiger charge is -2.05. The second-order valence-electron chi connectivity index (χ2n) is 4.12. The Morgan fingerprint density at radius 3 is 2.59 bits per heavy atom. The normalized spacial score (nSPS) is 11.5. The molecule has 0 amide bonds. The number of ketones is 1. The van der Waals surface area contributed by atoms with E-state index in [2.05, 4.69) is 15.9 Å². The van der Waals surface area contributed by atoms with Crippen LogP contribution in [0.1, 0.15) is 28.8 Å². The van der Waals surface area contributed by atoms with E-state index in [1.54, 1.807) is 6.07 Å². The number of hydrogen-bond donors (Lipinski definition) is 0. The van der Waals surface area contributed by atoms with Gasteiger partial charge in [0.2, 0.25) is 0 Å². The highest BCUT2D eigenvalue weighted by Crippen LogP contribution is 2.18. The fourth-order valence-electron chi connectivity index (χ4n) is 1.52. The summed E-state index contributed by atoms with van der Waals surface area (Å²) in [6.07, 6.45) is 1.83. The van der Waals surface area contributed by atoms with Crippen molar-refractivity contribution >= 4 is 31.6 Å². The van der Waals surface area contributed by atoms with Crippen LogP contribution in [-0.4, -0.2) is 26.2 Å². The predicted molar refractivity (Wildman–Crippen MR) is 72.2 cm³/mol. The summed E-state index contributed by atoms with van der Waals surface area (Å²) >= 11 is 3.32. The topological polar surface area (TPSA) is 51.2 Å². The van der Waals surface area contributed by atoms with E-state index in [1.807, 2.05) is 19.1 Å². The molecule has 0 saturated carbocycles. The zero-order chi connectivity index (χ0) is 13.1. The van der Waals surface area contributed by atoms with Gasteiger partial charge in [-0.05, 0) is 31.0 Å². The quantitative estimate of drug-likeness (QED) is 0.784. The number of Topliss-reactive ketones (excluding diaryl/α,β-unsaturated/α-hetero) is 1. The molecular formula is C12H15BrO3S. The molecule has 0 spiro atoms. The lowest BCUT2D eigenvalue weighted by atomic mass is 10.0. The number of halogens is 1. The maximum atomic E-state index is 11.9. The number of carbonyl (C=O) groups is 1. The van der Waals surface area contributed by atoms with E-state index >= 15 is 0 Å². The first kappa shape index (κ1) is 14.4. The molecule has 0 heterocycles. The van der Waals surface area contributed by atoms with Crippen LogP contribution in [0.4, 0.5) is 0 Å². The molecule has 0 bridgehead atoms. The molecular weight excluding hydrogens is 304 g/mol. The third-order valence-corrected chi connectivity index (χ3v) is 3.94. The second-order valence-corrected chi connectivity index (χ2v) is 7.29. The first-order valence-electron chi connectivity index (χ1n) is 5.26. The van der Waals surface area contributed by atoms with E-state index in [4.69, 9.17) is 0 Å². The smallest absolute Gasteiger partial charge is 0.163 e. The Balaban J connectivity index is 2.67. The largest absolute Gasteiger partial charge is 0.294 e. The Labute approximate surface area is 110 Å². The van der Waals surface area contributed by atoms with Gasteiger partial charge in [0.1, 0.15) is 9.84 Å². The van der Waals surface area contributed by atoms with Crippen LogP contribution in [-0.2, 0) is 9.84 Å². The van der Waals surface area contributed by atoms with Crippen molar-refractivity contribution in [2.24, 2.45) is 0 Å². The van der Waals surface area contributed by atoms with Crippen LogP contribution < -0.4 is 0 Å². The SMILES string of the molecule is Cc1ccc(Br)cc1C(=O)CCCS(C)(=O)=O. The van der Waals surface area contributed by atoms with Crippen molar-refractivity contribution in [3.63, 3.8) is 0 Å². The third-order valence-electron chi connectivity index (χ3n) is 2.42. The number of hydrogen-bond acceptors (Lipinski definition) is 3. The van der Waals surface area contributed by atoms with Gasteiger partial charge in [0, 0.05) is 22.7 Å². The fourth-order valence-corrected chi connectivity index (χ4v) is 2.55. The van der Waals surface area contributed by atoms with Gasteiger partial charge in [0.15, 0.2) is 5.78 Å². The first-order chi connectivity index (χ1) is 7.79. The zero-order valence-corrected chi connectivity index (χ0v) is 12.3. The number of carbonyl (C=O) groups excluding carboxylic acids is 1. The van der Waals surface area contributed by atoms with Crippen molar-refractivity contribution in [1.82, 2.24) is 0 Å². The Morgan fingerprint density at radius 2 is 2.00 bits per heavy atom. The van der Waals surface area contributed by atoms with Gasteiger partial charge in [-0.15, -0.1) is 0 Å². The van der Waals surface area contributed by atoms with E-state index in [1.165, 1.54) is 6.26 Å². The highest BCUT2D eigenvalue weighted by molar-refractivity contribution is 9.10. The average molecular weight is 319 g/mol. The summed E-state index contributed by atoms with van der Waals surface area (Å²) in [7, 11) is -2.98. The molecule has 0 N–H and O–H groups in total. The summed E-state index contributed by atoms with van der Waals surface area (Å²) in [6, 6.07) is 5.52. The van der Waals surface area contributed by atoms with Gasteiger partial charge in [-0.1, -0.05) is 22.0 Å². The van der Waals surface area contributed by atoms with Crippen LogP contribution in [0.5, 0.6) is 0 Å². The zero-order valence-electron chi connectivity index (χ0n) is 9.86. The van der Waals surface area contributed by atoms with Crippen molar-refractivity contribution in [3.8, 4) is 0 Å². The lowest BCUT2D eigenvalue weighted by Crippen LogP contribution is -2.07. The molecule has 94 valence electrons. The minimum absolute atomic E-state index is 0.00699. The molecule has 0 aromatic heterocycles. The van der Waals surface area contributed by atoms with Crippen molar-refractivity contribution in [1.29, 1.82) is 0 Å². The van der Waals surface area contributed by atoms with Gasteiger partial charge in [-0.3, -0.25) is 4.79 Å². The van der Waals surface area contributed by atoms with Crippen LogP contribution in [0.3, 0.4) is 0 Å². The Morgan fingerprint density at radius 1 is 1.35 bits per heavy atom. The van der Waals surface area contributed by atoms with E-state index in [0.29, 0.717) is 12.0 Å². The van der Waals surface area contributed by atoms with E-state index in [-0.39, 0.29) is 18.0 Å². The van der Waals surface area contributed by atoms with Crippen LogP contribution in [0, 0.1) is 6.92 Å². The molecule has 0 unspecified atom stereocenters. The average Bonchev–Trinajstić information content (AvgIpc) is 2.19. The summed E-state index contributed by atoms with van der Waals surface area (Å²) < 4.78 is 22.8. The van der Waals surface area contributed by atoms with Gasteiger partial charge >= 0.3 is 0 Å². The second kappa shape index (κ2) is 5.78. The Hall–Kier alpha value is -0.680. The van der Waals surface area contributed by atoms with Crippen molar-refractivity contribution in [2.75, 3.05) is 12.0 Å². The monoisotopic (exact) mass is 318 g/mol. The van der Waals surface area contributed by atoms with Gasteiger partial charge in [-0.2, -0.15) is 0 Å². The molecule has 1 aromatic rings. The summed E-state index contributed by atoms with van der Waals surface area (Å²) in [6.45, 7) is 1.87. The summed E-state index contributed by atoms with van der Waals surface area (Å²) in [5.74, 6) is 0.0543. The molecule has 1 rings (SSSR count). The number of rotatable bonds is 5. The molecule has 5 heteroatoms. The van der Waals surface area contributed by atoms with Crippen LogP contribution in [0.15, 0.2) is 22.7 Å². The number of benzene rings is 1. The standard InChI is InChI=1S/C12H15BrO3S/c1-9-5-6-10(13)8-11(9)12(14)4-3-7-17(2,15)16/h5-6,8H,3-4,7H2,1-2H3. The Bertz CT molecular complexity index is 521. The van der Waals surface area contributed by atoms with E-state index in [9.17, 15) is 13.2 Å². The fraction of sp³-hybridized carbons (Fsp3) is 0.417.